The van der Waals surface area contributed by atoms with Crippen LogP contribution in [-0.4, -0.2) is 4.98 Å². The molecule has 0 unspecified atom stereocenters. The second-order valence-electron chi connectivity index (χ2n) is 3.62. The molecule has 0 radical (unpaired) electrons. The standard InChI is InChI=1S/C12H11ClN3O/c1-8-2-3-9(6-11(8)13)15-12-7-10(16-17)4-5-14-12/h2-7H,1H3,(H2-,14,15,16,17)/q-1. The van der Waals surface area contributed by atoms with Crippen molar-refractivity contribution < 1.29 is 0 Å². The van der Waals surface area contributed by atoms with E-state index in [0.29, 0.717) is 16.5 Å². The van der Waals surface area contributed by atoms with E-state index in [-0.39, 0.29) is 0 Å². The van der Waals surface area contributed by atoms with Crippen molar-refractivity contribution in [2.75, 3.05) is 10.8 Å². The number of aromatic nitrogens is 1. The second kappa shape index (κ2) is 5.03. The van der Waals surface area contributed by atoms with Crippen LogP contribution in [0.5, 0.6) is 0 Å². The van der Waals surface area contributed by atoms with Crippen LogP contribution in [0.3, 0.4) is 0 Å². The van der Waals surface area contributed by atoms with Crippen molar-refractivity contribution in [2.45, 2.75) is 6.92 Å². The van der Waals surface area contributed by atoms with E-state index in [4.69, 9.17) is 11.6 Å². The van der Waals surface area contributed by atoms with Crippen molar-refractivity contribution in [3.63, 3.8) is 0 Å². The lowest BCUT2D eigenvalue weighted by Crippen LogP contribution is -1.95. The Morgan fingerprint density at radius 1 is 1.18 bits per heavy atom. The number of pyridine rings is 1. The van der Waals surface area contributed by atoms with Crippen molar-refractivity contribution in [2.24, 2.45) is 0 Å². The average Bonchev–Trinajstić information content (AvgIpc) is 2.34. The summed E-state index contributed by atoms with van der Waals surface area (Å²) in [6.07, 6.45) is 1.55. The molecule has 0 aliphatic heterocycles. The summed E-state index contributed by atoms with van der Waals surface area (Å²) in [5.74, 6) is 0.589. The summed E-state index contributed by atoms with van der Waals surface area (Å²) in [7, 11) is 0. The predicted octanol–water partition coefficient (Wildman–Crippen LogP) is 3.70. The van der Waals surface area contributed by atoms with E-state index in [0.717, 1.165) is 11.3 Å². The number of nitrogens with zero attached hydrogens (tertiary/aromatic N) is 1. The summed E-state index contributed by atoms with van der Waals surface area (Å²) in [6, 6.07) is 8.86. The molecule has 0 fully saturated rings. The molecule has 0 aliphatic rings. The normalized spacial score (nSPS) is 10.1. The maximum absolute atomic E-state index is 10.5. The van der Waals surface area contributed by atoms with E-state index < -0.39 is 0 Å². The van der Waals surface area contributed by atoms with Crippen LogP contribution < -0.4 is 10.8 Å². The van der Waals surface area contributed by atoms with Crippen LogP contribution in [-0.2, 0) is 0 Å². The first kappa shape index (κ1) is 11.7. The highest BCUT2D eigenvalue weighted by atomic mass is 35.5. The zero-order chi connectivity index (χ0) is 12.3. The number of benzene rings is 1. The van der Waals surface area contributed by atoms with Crippen molar-refractivity contribution in [1.29, 1.82) is 0 Å². The van der Waals surface area contributed by atoms with Gasteiger partial charge in [0.1, 0.15) is 5.82 Å². The summed E-state index contributed by atoms with van der Waals surface area (Å²) >= 11 is 6.02. The Balaban J connectivity index is 2.22. The van der Waals surface area contributed by atoms with E-state index in [2.05, 4.69) is 10.3 Å². The van der Waals surface area contributed by atoms with Crippen LogP contribution in [0.25, 0.3) is 0 Å². The number of hydrogen-bond acceptors (Lipinski definition) is 4. The quantitative estimate of drug-likeness (QED) is 0.813. The molecule has 2 rings (SSSR count). The van der Waals surface area contributed by atoms with Gasteiger partial charge in [0.2, 0.25) is 0 Å². The minimum Gasteiger partial charge on any atom is -0.761 e. The van der Waals surface area contributed by atoms with Gasteiger partial charge < -0.3 is 16.0 Å². The van der Waals surface area contributed by atoms with Crippen molar-refractivity contribution in [1.82, 2.24) is 4.98 Å². The lowest BCUT2D eigenvalue weighted by atomic mass is 10.2. The van der Waals surface area contributed by atoms with E-state index in [1.54, 1.807) is 18.3 Å². The fourth-order valence-electron chi connectivity index (χ4n) is 1.38. The molecule has 2 N–H and O–H groups in total. The molecule has 0 atom stereocenters. The molecular formula is C12H11ClN3O-. The van der Waals surface area contributed by atoms with Crippen molar-refractivity contribution in [3.8, 4) is 0 Å². The first-order chi connectivity index (χ1) is 8.19. The minimum atomic E-state index is 0.459. The predicted molar refractivity (Wildman–Crippen MR) is 70.7 cm³/mol. The number of aryl methyl sites for hydroxylation is 1. The molecule has 17 heavy (non-hydrogen) atoms. The molecule has 2 aromatic rings. The zero-order valence-electron chi connectivity index (χ0n) is 9.20. The second-order valence-corrected chi connectivity index (χ2v) is 4.03. The van der Waals surface area contributed by atoms with E-state index >= 15 is 0 Å². The van der Waals surface area contributed by atoms with Crippen LogP contribution >= 0.6 is 11.6 Å². The molecule has 0 bridgehead atoms. The Hall–Kier alpha value is -1.78. The third-order valence-corrected chi connectivity index (χ3v) is 2.73. The highest BCUT2D eigenvalue weighted by Gasteiger charge is 1.99. The maximum Gasteiger partial charge on any atom is 0.132 e. The number of anilines is 3. The number of nitrogens with one attached hydrogen (secondary N) is 2. The van der Waals surface area contributed by atoms with E-state index in [9.17, 15) is 5.21 Å². The Labute approximate surface area is 104 Å². The van der Waals surface area contributed by atoms with Gasteiger partial charge >= 0.3 is 0 Å². The van der Waals surface area contributed by atoms with E-state index in [1.165, 1.54) is 0 Å². The molecule has 5 heteroatoms. The highest BCUT2D eigenvalue weighted by molar-refractivity contribution is 6.31. The molecule has 0 saturated carbocycles. The van der Waals surface area contributed by atoms with Crippen molar-refractivity contribution in [3.05, 3.63) is 52.3 Å². The zero-order valence-corrected chi connectivity index (χ0v) is 9.95. The van der Waals surface area contributed by atoms with Gasteiger partial charge in [-0.1, -0.05) is 17.7 Å². The van der Waals surface area contributed by atoms with Crippen LogP contribution in [0.2, 0.25) is 5.02 Å². The molecule has 1 aromatic carbocycles. The van der Waals surface area contributed by atoms with Crippen molar-refractivity contribution >= 4 is 28.8 Å². The van der Waals surface area contributed by atoms with Gasteiger partial charge in [0, 0.05) is 28.7 Å². The van der Waals surface area contributed by atoms with Gasteiger partial charge in [0.15, 0.2) is 0 Å². The Morgan fingerprint density at radius 3 is 2.71 bits per heavy atom. The molecule has 0 aliphatic carbocycles. The Kier molecular flexibility index (Phi) is 3.46. The topological polar surface area (TPSA) is 60.0 Å². The third-order valence-electron chi connectivity index (χ3n) is 2.32. The fraction of sp³-hybridized carbons (Fsp3) is 0.0833. The third kappa shape index (κ3) is 2.87. The fourth-order valence-corrected chi connectivity index (χ4v) is 1.56. The summed E-state index contributed by atoms with van der Waals surface area (Å²) in [6.45, 7) is 1.94. The SMILES string of the molecule is Cc1ccc(Nc2cc(N[O-])ccn2)cc1Cl. The van der Waals surface area contributed by atoms with Gasteiger partial charge in [0.05, 0.1) is 0 Å². The summed E-state index contributed by atoms with van der Waals surface area (Å²) in [5.41, 5.74) is 4.12. The molecule has 0 amide bonds. The van der Waals surface area contributed by atoms with E-state index in [1.807, 2.05) is 30.6 Å². The first-order valence-corrected chi connectivity index (χ1v) is 5.44. The smallest absolute Gasteiger partial charge is 0.132 e. The Bertz CT molecular complexity index is 531. The molecule has 0 saturated heterocycles. The van der Waals surface area contributed by atoms with Gasteiger partial charge in [-0.05, 0) is 30.7 Å². The van der Waals surface area contributed by atoms with Gasteiger partial charge in [0.25, 0.3) is 0 Å². The summed E-state index contributed by atoms with van der Waals surface area (Å²) in [4.78, 5) is 4.10. The molecule has 1 heterocycles. The Morgan fingerprint density at radius 2 is 2.00 bits per heavy atom. The molecular weight excluding hydrogens is 238 g/mol. The number of rotatable bonds is 3. The highest BCUT2D eigenvalue weighted by Crippen LogP contribution is 2.23. The van der Waals surface area contributed by atoms with Crippen LogP contribution in [0.4, 0.5) is 17.2 Å². The van der Waals surface area contributed by atoms with Crippen LogP contribution in [0.1, 0.15) is 5.56 Å². The molecule has 88 valence electrons. The minimum absolute atomic E-state index is 0.459. The van der Waals surface area contributed by atoms with Crippen LogP contribution in [0, 0.1) is 12.1 Å². The van der Waals surface area contributed by atoms with Gasteiger partial charge in [-0.25, -0.2) is 4.98 Å². The van der Waals surface area contributed by atoms with Gasteiger partial charge in [-0.15, -0.1) is 0 Å². The molecule has 4 nitrogen and oxygen atoms in total. The van der Waals surface area contributed by atoms with Crippen LogP contribution in [0.15, 0.2) is 36.5 Å². The maximum atomic E-state index is 10.5. The lowest BCUT2D eigenvalue weighted by Gasteiger charge is -2.11. The van der Waals surface area contributed by atoms with Gasteiger partial charge in [-0.3, -0.25) is 0 Å². The summed E-state index contributed by atoms with van der Waals surface area (Å²) < 4.78 is 0. The average molecular weight is 249 g/mol. The lowest BCUT2D eigenvalue weighted by molar-refractivity contribution is 1.30. The molecule has 1 aromatic heterocycles. The summed E-state index contributed by atoms with van der Waals surface area (Å²) in [5, 5.41) is 14.3. The monoisotopic (exact) mass is 248 g/mol. The largest absolute Gasteiger partial charge is 0.761 e. The first-order valence-electron chi connectivity index (χ1n) is 5.06. The molecule has 0 spiro atoms. The number of halogens is 1. The number of hydrogen-bond donors (Lipinski definition) is 2. The van der Waals surface area contributed by atoms with Gasteiger partial charge in [-0.2, -0.15) is 0 Å².